The van der Waals surface area contributed by atoms with Crippen molar-refractivity contribution in [2.24, 2.45) is 0 Å². The van der Waals surface area contributed by atoms with Gasteiger partial charge >= 0.3 is 0 Å². The minimum absolute atomic E-state index is 0.556. The average Bonchev–Trinajstić information content (AvgIpc) is 3.40. The quantitative estimate of drug-likeness (QED) is 0.504. The van der Waals surface area contributed by atoms with Crippen LogP contribution in [-0.4, -0.2) is 53.1 Å². The molecule has 158 valence electrons. The van der Waals surface area contributed by atoms with Gasteiger partial charge in [-0.15, -0.1) is 0 Å². The molecule has 0 saturated carbocycles. The van der Waals surface area contributed by atoms with Crippen molar-refractivity contribution in [1.29, 1.82) is 0 Å². The number of fused-ring (bicyclic) bond motifs is 1. The molecule has 8 heteroatoms. The summed E-state index contributed by atoms with van der Waals surface area (Å²) in [4.78, 5) is 18.1. The van der Waals surface area contributed by atoms with Gasteiger partial charge in [0.25, 0.3) is 0 Å². The van der Waals surface area contributed by atoms with E-state index in [9.17, 15) is 0 Å². The summed E-state index contributed by atoms with van der Waals surface area (Å²) in [6, 6.07) is 14.3. The van der Waals surface area contributed by atoms with Crippen LogP contribution in [0.5, 0.6) is 11.5 Å². The Kier molecular flexibility index (Phi) is 5.17. The number of hydrogen-bond acceptors (Lipinski definition) is 8. The summed E-state index contributed by atoms with van der Waals surface area (Å²) < 4.78 is 7.06. The van der Waals surface area contributed by atoms with Crippen molar-refractivity contribution in [1.82, 2.24) is 19.9 Å². The van der Waals surface area contributed by atoms with E-state index in [0.29, 0.717) is 11.2 Å². The molecule has 7 nitrogen and oxygen atoms in total. The molecule has 0 radical (unpaired) electrons. The van der Waals surface area contributed by atoms with Crippen molar-refractivity contribution in [3.63, 3.8) is 0 Å². The minimum atomic E-state index is 0.556. The number of hydrogen-bond donors (Lipinski definition) is 1. The highest BCUT2D eigenvalue weighted by molar-refractivity contribution is 7.22. The Morgan fingerprint density at radius 2 is 1.97 bits per heavy atom. The molecular weight excluding hydrogens is 408 g/mol. The summed E-state index contributed by atoms with van der Waals surface area (Å²) >= 11 is 1.45. The highest BCUT2D eigenvalue weighted by Crippen LogP contribution is 2.31. The molecule has 4 aromatic rings. The lowest BCUT2D eigenvalue weighted by Crippen LogP contribution is -2.31. The summed E-state index contributed by atoms with van der Waals surface area (Å²) in [6.45, 7) is 2.04. The Bertz CT molecular complexity index is 1210. The first-order valence-electron chi connectivity index (χ1n) is 10.2. The van der Waals surface area contributed by atoms with Crippen LogP contribution in [0, 0.1) is 0 Å². The summed E-state index contributed by atoms with van der Waals surface area (Å²) in [5.74, 6) is 2.48. The number of likely N-dealkylation sites (N-methyl/N-ethyl adjacent to an activating group) is 1. The third-order valence-corrected chi connectivity index (χ3v) is 6.45. The fourth-order valence-electron chi connectivity index (χ4n) is 3.85. The number of pyridine rings is 2. The van der Waals surface area contributed by atoms with Gasteiger partial charge in [0.2, 0.25) is 0 Å². The predicted molar refractivity (Wildman–Crippen MR) is 126 cm³/mol. The lowest BCUT2D eigenvalue weighted by molar-refractivity contribution is 0.315. The molecule has 1 fully saturated rings. The second-order valence-electron chi connectivity index (χ2n) is 7.92. The number of nitrogens with zero attached hydrogens (tertiary/aromatic N) is 5. The fourth-order valence-corrected chi connectivity index (χ4v) is 4.61. The van der Waals surface area contributed by atoms with E-state index in [1.807, 2.05) is 36.5 Å². The predicted octanol–water partition coefficient (Wildman–Crippen LogP) is 4.27. The molecule has 1 saturated heterocycles. The van der Waals surface area contributed by atoms with Crippen molar-refractivity contribution in [3.8, 4) is 22.8 Å². The summed E-state index contributed by atoms with van der Waals surface area (Å²) in [7, 11) is 4.27. The molecular formula is C23H24N6OS. The van der Waals surface area contributed by atoms with Crippen molar-refractivity contribution in [2.45, 2.75) is 12.5 Å². The maximum Gasteiger partial charge on any atom is 0.181 e. The number of nitrogen functional groups attached to an aromatic ring is 1. The normalized spacial score (nSPS) is 16.4. The van der Waals surface area contributed by atoms with Gasteiger partial charge in [-0.05, 0) is 50.8 Å². The van der Waals surface area contributed by atoms with Crippen molar-refractivity contribution in [2.75, 3.05) is 37.8 Å². The van der Waals surface area contributed by atoms with E-state index in [1.165, 1.54) is 11.3 Å². The fraction of sp³-hybridized carbons (Fsp3) is 0.261. The maximum atomic E-state index is 6.06. The van der Waals surface area contributed by atoms with Crippen LogP contribution in [0.25, 0.3) is 21.5 Å². The van der Waals surface area contributed by atoms with Gasteiger partial charge in [0.15, 0.2) is 5.13 Å². The van der Waals surface area contributed by atoms with Crippen LogP contribution in [0.2, 0.25) is 0 Å². The van der Waals surface area contributed by atoms with Gasteiger partial charge in [-0.1, -0.05) is 11.3 Å². The molecule has 5 rings (SSSR count). The van der Waals surface area contributed by atoms with Crippen LogP contribution in [0.15, 0.2) is 54.9 Å². The second-order valence-corrected chi connectivity index (χ2v) is 8.98. The molecule has 0 spiro atoms. The van der Waals surface area contributed by atoms with E-state index in [-0.39, 0.29) is 0 Å². The Balaban J connectivity index is 1.32. The third-order valence-electron chi connectivity index (χ3n) is 5.60. The topological polar surface area (TPSA) is 80.4 Å². The summed E-state index contributed by atoms with van der Waals surface area (Å²) in [6.07, 6.45) is 4.80. The Labute approximate surface area is 185 Å². The Hall–Kier alpha value is -3.23. The zero-order chi connectivity index (χ0) is 21.4. The third kappa shape index (κ3) is 4.17. The van der Waals surface area contributed by atoms with E-state index < -0.39 is 0 Å². The first-order chi connectivity index (χ1) is 15.0. The molecule has 1 aliphatic heterocycles. The van der Waals surface area contributed by atoms with E-state index in [4.69, 9.17) is 15.5 Å². The lowest BCUT2D eigenvalue weighted by Gasteiger charge is -2.21. The molecule has 4 heterocycles. The number of anilines is 2. The Morgan fingerprint density at radius 1 is 1.10 bits per heavy atom. The van der Waals surface area contributed by atoms with Crippen LogP contribution >= 0.6 is 11.3 Å². The zero-order valence-corrected chi connectivity index (χ0v) is 18.3. The molecule has 3 aromatic heterocycles. The number of benzene rings is 1. The van der Waals surface area contributed by atoms with Crippen LogP contribution in [-0.2, 0) is 0 Å². The molecule has 0 bridgehead atoms. The Morgan fingerprint density at radius 3 is 2.74 bits per heavy atom. The van der Waals surface area contributed by atoms with Crippen LogP contribution < -0.4 is 15.4 Å². The number of rotatable bonds is 5. The highest BCUT2D eigenvalue weighted by Gasteiger charge is 2.24. The van der Waals surface area contributed by atoms with E-state index >= 15 is 0 Å². The van der Waals surface area contributed by atoms with Crippen molar-refractivity contribution < 1.29 is 4.74 Å². The highest BCUT2D eigenvalue weighted by atomic mass is 32.1. The van der Waals surface area contributed by atoms with Crippen LogP contribution in [0.3, 0.4) is 0 Å². The number of thiazole rings is 1. The van der Waals surface area contributed by atoms with Gasteiger partial charge in [0, 0.05) is 49.2 Å². The number of nitrogens with two attached hydrogens (primary N) is 1. The molecule has 2 N–H and O–H groups in total. The van der Waals surface area contributed by atoms with Crippen LogP contribution in [0.4, 0.5) is 10.9 Å². The van der Waals surface area contributed by atoms with Gasteiger partial charge in [0.05, 0.1) is 15.9 Å². The smallest absolute Gasteiger partial charge is 0.181 e. The van der Waals surface area contributed by atoms with Gasteiger partial charge < -0.3 is 20.3 Å². The first-order valence-corrected chi connectivity index (χ1v) is 11.0. The van der Waals surface area contributed by atoms with E-state index in [0.717, 1.165) is 58.3 Å². The van der Waals surface area contributed by atoms with Gasteiger partial charge in [-0.2, -0.15) is 0 Å². The van der Waals surface area contributed by atoms with Gasteiger partial charge in [-0.25, -0.2) is 9.97 Å². The standard InChI is InChI=1S/C23H24N6OS/c1-28(2)16-8-10-29(14-16)22-6-3-15(13-26-22)20-11-18(7-9-25-20)30-17-4-5-19-21(12-17)31-23(24)27-19/h3-7,9,11-13,16H,8,10,14H2,1-2H3,(H2,24,27)/t16-/m0/s1. The minimum Gasteiger partial charge on any atom is -0.457 e. The van der Waals surface area contributed by atoms with E-state index in [1.54, 1.807) is 6.20 Å². The largest absolute Gasteiger partial charge is 0.457 e. The molecule has 0 amide bonds. The van der Waals surface area contributed by atoms with Crippen molar-refractivity contribution in [3.05, 3.63) is 54.9 Å². The van der Waals surface area contributed by atoms with Crippen LogP contribution in [0.1, 0.15) is 6.42 Å². The second kappa shape index (κ2) is 8.13. The molecule has 1 aliphatic rings. The van der Waals surface area contributed by atoms with Gasteiger partial charge in [0.1, 0.15) is 17.3 Å². The van der Waals surface area contributed by atoms with Gasteiger partial charge in [-0.3, -0.25) is 4.98 Å². The molecule has 0 unspecified atom stereocenters. The SMILES string of the molecule is CN(C)[C@H]1CCN(c2ccc(-c3cc(Oc4ccc5nc(N)sc5c4)ccn3)cn2)C1. The molecule has 1 aromatic carbocycles. The van der Waals surface area contributed by atoms with E-state index in [2.05, 4.69) is 46.0 Å². The monoisotopic (exact) mass is 432 g/mol. The molecule has 1 atom stereocenters. The number of ether oxygens (including phenoxy) is 1. The molecule has 31 heavy (non-hydrogen) atoms. The number of aromatic nitrogens is 3. The maximum absolute atomic E-state index is 6.06. The summed E-state index contributed by atoms with van der Waals surface area (Å²) in [5.41, 5.74) is 8.46. The van der Waals surface area contributed by atoms with Crippen molar-refractivity contribution >= 4 is 32.5 Å². The summed E-state index contributed by atoms with van der Waals surface area (Å²) in [5, 5.41) is 0.556. The first kappa shape index (κ1) is 19.7. The zero-order valence-electron chi connectivity index (χ0n) is 17.5. The molecule has 0 aliphatic carbocycles. The average molecular weight is 433 g/mol. The lowest BCUT2D eigenvalue weighted by atomic mass is 10.2.